The van der Waals surface area contributed by atoms with E-state index in [1.807, 2.05) is 19.1 Å². The molecule has 5 heteroatoms. The van der Waals surface area contributed by atoms with Gasteiger partial charge < -0.3 is 15.1 Å². The van der Waals surface area contributed by atoms with Crippen molar-refractivity contribution in [2.24, 2.45) is 0 Å². The molecule has 0 aliphatic heterocycles. The van der Waals surface area contributed by atoms with Crippen LogP contribution in [0, 0.1) is 5.82 Å². The Morgan fingerprint density at radius 1 is 1.38 bits per heavy atom. The summed E-state index contributed by atoms with van der Waals surface area (Å²) in [5, 5.41) is 5.76. The van der Waals surface area contributed by atoms with Crippen LogP contribution in [0.1, 0.15) is 26.0 Å². The van der Waals surface area contributed by atoms with Crippen LogP contribution in [0.15, 0.2) is 41.0 Å². The molecule has 1 amide bonds. The smallest absolute Gasteiger partial charge is 0.221 e. The molecule has 0 saturated heterocycles. The molecule has 2 rings (SSSR count). The molecule has 2 aromatic rings. The molecule has 1 aromatic heterocycles. The SMILES string of the molecule is CC(=O)Nc1ccc(F)c(NC(C)CCc2ccco2)c1. The first kappa shape index (κ1) is 15.1. The molecule has 0 spiro atoms. The van der Waals surface area contributed by atoms with E-state index < -0.39 is 0 Å². The first-order chi connectivity index (χ1) is 10.0. The van der Waals surface area contributed by atoms with Crippen molar-refractivity contribution in [2.45, 2.75) is 32.7 Å². The normalized spacial score (nSPS) is 12.0. The number of carbonyl (C=O) groups is 1. The summed E-state index contributed by atoms with van der Waals surface area (Å²) in [5.41, 5.74) is 0.956. The number of anilines is 2. The fourth-order valence-electron chi connectivity index (χ4n) is 2.07. The lowest BCUT2D eigenvalue weighted by molar-refractivity contribution is -0.114. The molecule has 112 valence electrons. The number of hydrogen-bond donors (Lipinski definition) is 2. The number of nitrogens with one attached hydrogen (secondary N) is 2. The second kappa shape index (κ2) is 6.92. The van der Waals surface area contributed by atoms with Gasteiger partial charge in [-0.05, 0) is 43.7 Å². The van der Waals surface area contributed by atoms with Gasteiger partial charge in [0.2, 0.25) is 5.91 Å². The van der Waals surface area contributed by atoms with E-state index in [0.29, 0.717) is 11.4 Å². The van der Waals surface area contributed by atoms with E-state index in [1.165, 1.54) is 19.1 Å². The summed E-state index contributed by atoms with van der Waals surface area (Å²) in [6.07, 6.45) is 3.25. The summed E-state index contributed by atoms with van der Waals surface area (Å²) < 4.78 is 19.1. The van der Waals surface area contributed by atoms with Crippen LogP contribution in [0.25, 0.3) is 0 Å². The second-order valence-corrected chi connectivity index (χ2v) is 5.04. The highest BCUT2D eigenvalue weighted by Crippen LogP contribution is 2.21. The van der Waals surface area contributed by atoms with Gasteiger partial charge in [0.05, 0.1) is 12.0 Å². The van der Waals surface area contributed by atoms with Gasteiger partial charge in [0.25, 0.3) is 0 Å². The molecule has 1 heterocycles. The predicted octanol–water partition coefficient (Wildman–Crippen LogP) is 3.81. The number of benzene rings is 1. The highest BCUT2D eigenvalue weighted by atomic mass is 19.1. The summed E-state index contributed by atoms with van der Waals surface area (Å²) in [7, 11) is 0. The number of amides is 1. The zero-order chi connectivity index (χ0) is 15.2. The van der Waals surface area contributed by atoms with Gasteiger partial charge in [-0.2, -0.15) is 0 Å². The Morgan fingerprint density at radius 3 is 2.86 bits per heavy atom. The van der Waals surface area contributed by atoms with E-state index in [0.717, 1.165) is 18.6 Å². The largest absolute Gasteiger partial charge is 0.469 e. The summed E-state index contributed by atoms with van der Waals surface area (Å²) >= 11 is 0. The molecule has 21 heavy (non-hydrogen) atoms. The number of hydrogen-bond acceptors (Lipinski definition) is 3. The zero-order valence-corrected chi connectivity index (χ0v) is 12.2. The molecular weight excluding hydrogens is 271 g/mol. The lowest BCUT2D eigenvalue weighted by atomic mass is 10.1. The molecule has 0 fully saturated rings. The minimum atomic E-state index is -0.339. The van der Waals surface area contributed by atoms with Crippen molar-refractivity contribution in [1.82, 2.24) is 0 Å². The predicted molar refractivity (Wildman–Crippen MR) is 80.8 cm³/mol. The molecule has 1 unspecified atom stereocenters. The van der Waals surface area contributed by atoms with Crippen molar-refractivity contribution in [3.05, 3.63) is 48.2 Å². The molecule has 2 N–H and O–H groups in total. The van der Waals surface area contributed by atoms with E-state index in [-0.39, 0.29) is 17.8 Å². The number of rotatable bonds is 6. The van der Waals surface area contributed by atoms with E-state index >= 15 is 0 Å². The average Bonchev–Trinajstić information content (AvgIpc) is 2.93. The van der Waals surface area contributed by atoms with Crippen LogP contribution in [0.2, 0.25) is 0 Å². The summed E-state index contributed by atoms with van der Waals surface area (Å²) in [6.45, 7) is 3.40. The third-order valence-electron chi connectivity index (χ3n) is 3.09. The van der Waals surface area contributed by atoms with Gasteiger partial charge in [-0.1, -0.05) is 0 Å². The molecule has 4 nitrogen and oxygen atoms in total. The van der Waals surface area contributed by atoms with Crippen molar-refractivity contribution in [1.29, 1.82) is 0 Å². The van der Waals surface area contributed by atoms with E-state index in [1.54, 1.807) is 12.3 Å². The van der Waals surface area contributed by atoms with Gasteiger partial charge in [-0.25, -0.2) is 4.39 Å². The first-order valence-electron chi connectivity index (χ1n) is 6.90. The van der Waals surface area contributed by atoms with Crippen LogP contribution >= 0.6 is 0 Å². The van der Waals surface area contributed by atoms with Crippen LogP contribution in [0.4, 0.5) is 15.8 Å². The maximum absolute atomic E-state index is 13.8. The maximum atomic E-state index is 13.8. The van der Waals surface area contributed by atoms with Crippen molar-refractivity contribution in [3.63, 3.8) is 0 Å². The molecule has 0 bridgehead atoms. The Balaban J connectivity index is 1.95. The van der Waals surface area contributed by atoms with E-state index in [2.05, 4.69) is 10.6 Å². The molecule has 1 aromatic carbocycles. The number of carbonyl (C=O) groups excluding carboxylic acids is 1. The van der Waals surface area contributed by atoms with Crippen LogP contribution in [0.3, 0.4) is 0 Å². The second-order valence-electron chi connectivity index (χ2n) is 5.04. The molecule has 0 saturated carbocycles. The molecule has 0 aliphatic rings. The van der Waals surface area contributed by atoms with E-state index in [9.17, 15) is 9.18 Å². The van der Waals surface area contributed by atoms with Crippen LogP contribution in [0.5, 0.6) is 0 Å². The first-order valence-corrected chi connectivity index (χ1v) is 6.90. The lowest BCUT2D eigenvalue weighted by Crippen LogP contribution is -2.17. The van der Waals surface area contributed by atoms with Crippen LogP contribution in [-0.4, -0.2) is 11.9 Å². The number of halogens is 1. The minimum absolute atomic E-state index is 0.0807. The lowest BCUT2D eigenvalue weighted by Gasteiger charge is -2.16. The molecule has 0 aliphatic carbocycles. The minimum Gasteiger partial charge on any atom is -0.469 e. The number of furan rings is 1. The van der Waals surface area contributed by atoms with Crippen LogP contribution < -0.4 is 10.6 Å². The third-order valence-corrected chi connectivity index (χ3v) is 3.09. The molecular formula is C16H19FN2O2. The molecule has 0 radical (unpaired) electrons. The van der Waals surface area contributed by atoms with Crippen molar-refractivity contribution < 1.29 is 13.6 Å². The Morgan fingerprint density at radius 2 is 2.19 bits per heavy atom. The van der Waals surface area contributed by atoms with Gasteiger partial charge in [0, 0.05) is 25.1 Å². The monoisotopic (exact) mass is 290 g/mol. The Hall–Kier alpha value is -2.30. The quantitative estimate of drug-likeness (QED) is 0.850. The summed E-state index contributed by atoms with van der Waals surface area (Å²) in [5.74, 6) is 0.392. The van der Waals surface area contributed by atoms with Crippen molar-refractivity contribution in [3.8, 4) is 0 Å². The van der Waals surface area contributed by atoms with Crippen LogP contribution in [-0.2, 0) is 11.2 Å². The third kappa shape index (κ3) is 4.63. The van der Waals surface area contributed by atoms with E-state index in [4.69, 9.17) is 4.42 Å². The fourth-order valence-corrected chi connectivity index (χ4v) is 2.07. The Labute approximate surface area is 123 Å². The van der Waals surface area contributed by atoms with Crippen molar-refractivity contribution >= 4 is 17.3 Å². The summed E-state index contributed by atoms with van der Waals surface area (Å²) in [4.78, 5) is 11.0. The van der Waals surface area contributed by atoms with Gasteiger partial charge in [-0.3, -0.25) is 4.79 Å². The maximum Gasteiger partial charge on any atom is 0.221 e. The molecule has 1 atom stereocenters. The number of aryl methyl sites for hydroxylation is 1. The Bertz CT molecular complexity index is 596. The van der Waals surface area contributed by atoms with Gasteiger partial charge >= 0.3 is 0 Å². The van der Waals surface area contributed by atoms with Gasteiger partial charge in [0.1, 0.15) is 11.6 Å². The highest BCUT2D eigenvalue weighted by molar-refractivity contribution is 5.89. The van der Waals surface area contributed by atoms with Gasteiger partial charge in [-0.15, -0.1) is 0 Å². The summed E-state index contributed by atoms with van der Waals surface area (Å²) in [6, 6.07) is 8.33. The van der Waals surface area contributed by atoms with Crippen molar-refractivity contribution in [2.75, 3.05) is 10.6 Å². The average molecular weight is 290 g/mol. The topological polar surface area (TPSA) is 54.3 Å². The van der Waals surface area contributed by atoms with Gasteiger partial charge in [0.15, 0.2) is 0 Å². The standard InChI is InChI=1S/C16H19FN2O2/c1-11(5-7-14-4-3-9-21-14)18-16-10-13(19-12(2)20)6-8-15(16)17/h3-4,6,8-11,18H,5,7H2,1-2H3,(H,19,20). The highest BCUT2D eigenvalue weighted by Gasteiger charge is 2.09. The fraction of sp³-hybridized carbons (Fsp3) is 0.312. The Kier molecular flexibility index (Phi) is 4.98. The zero-order valence-electron chi connectivity index (χ0n) is 12.2.